The highest BCUT2D eigenvalue weighted by Gasteiger charge is 1.75. The van der Waals surface area contributed by atoms with Gasteiger partial charge >= 0.3 is 0 Å². The number of rotatable bonds is 3. The molecule has 0 heterocycles. The Morgan fingerprint density at radius 1 is 0.900 bits per heavy atom. The van der Waals surface area contributed by atoms with E-state index in [0.717, 1.165) is 0 Å². The third-order valence-corrected chi connectivity index (χ3v) is 0.957. The van der Waals surface area contributed by atoms with Gasteiger partial charge in [-0.15, -0.1) is 0 Å². The molecule has 0 aliphatic heterocycles. The van der Waals surface area contributed by atoms with Gasteiger partial charge in [0, 0.05) is 6.61 Å². The molecule has 0 aromatic heterocycles. The molecule has 0 atom stereocenters. The van der Waals surface area contributed by atoms with Crippen molar-refractivity contribution in [2.45, 2.75) is 46.5 Å². The van der Waals surface area contributed by atoms with Crippen LogP contribution in [0.25, 0.3) is 0 Å². The molecule has 0 saturated heterocycles. The van der Waals surface area contributed by atoms with Gasteiger partial charge in [0.2, 0.25) is 0 Å². The molecule has 0 fully saturated rings. The van der Waals surface area contributed by atoms with Gasteiger partial charge in [-0.25, -0.2) is 0 Å². The molecule has 0 radical (unpaired) electrons. The summed E-state index contributed by atoms with van der Waals surface area (Å²) >= 11 is 0. The summed E-state index contributed by atoms with van der Waals surface area (Å²) in [5.41, 5.74) is 0. The Morgan fingerprint density at radius 3 is 1.20 bits per heavy atom. The molecule has 0 bridgehead atoms. The maximum Gasteiger partial charge on any atom is 0.0402 e. The zero-order valence-corrected chi connectivity index (χ0v) is 7.48. The van der Waals surface area contributed by atoms with Crippen LogP contribution in [0.3, 0.4) is 0 Å². The van der Waals surface area contributed by atoms with Crippen LogP contribution in [0.5, 0.6) is 0 Å². The molecule has 0 aliphatic rings. The van der Waals surface area contributed by atoms with E-state index in [1.807, 2.05) is 0 Å². The van der Waals surface area contributed by atoms with Gasteiger partial charge in [-0.1, -0.05) is 39.5 Å². The molecular formula is C8H22O2. The van der Waals surface area contributed by atoms with E-state index < -0.39 is 0 Å². The first kappa shape index (κ1) is 16.5. The van der Waals surface area contributed by atoms with Gasteiger partial charge in [0.15, 0.2) is 0 Å². The first-order valence-corrected chi connectivity index (χ1v) is 3.94. The smallest absolute Gasteiger partial charge is 0.0402 e. The predicted octanol–water partition coefficient (Wildman–Crippen LogP) is 1.76. The van der Waals surface area contributed by atoms with Crippen molar-refractivity contribution in [2.24, 2.45) is 0 Å². The minimum atomic E-state index is 0. The maximum atomic E-state index is 7.57. The SMILES string of the molecule is CCCCCC.CCO.O. The summed E-state index contributed by atoms with van der Waals surface area (Å²) in [5.74, 6) is 0. The summed E-state index contributed by atoms with van der Waals surface area (Å²) in [6.07, 6.45) is 5.54. The van der Waals surface area contributed by atoms with Crippen LogP contribution in [-0.4, -0.2) is 17.2 Å². The summed E-state index contributed by atoms with van der Waals surface area (Å²) in [7, 11) is 0. The van der Waals surface area contributed by atoms with Gasteiger partial charge in [0.05, 0.1) is 0 Å². The molecule has 0 unspecified atom stereocenters. The van der Waals surface area contributed by atoms with Crippen molar-refractivity contribution >= 4 is 0 Å². The zero-order chi connectivity index (χ0) is 7.54. The molecule has 2 heteroatoms. The zero-order valence-electron chi connectivity index (χ0n) is 7.48. The highest BCUT2D eigenvalue weighted by molar-refractivity contribution is 4.31. The fraction of sp³-hybridized carbons (Fsp3) is 1.00. The second kappa shape index (κ2) is 23.1. The summed E-state index contributed by atoms with van der Waals surface area (Å²) in [6, 6.07) is 0. The normalized spacial score (nSPS) is 7.20. The Labute approximate surface area is 64.6 Å². The monoisotopic (exact) mass is 150 g/mol. The van der Waals surface area contributed by atoms with Crippen LogP contribution in [-0.2, 0) is 0 Å². The van der Waals surface area contributed by atoms with E-state index in [1.54, 1.807) is 6.92 Å². The average molecular weight is 150 g/mol. The van der Waals surface area contributed by atoms with Crippen LogP contribution >= 0.6 is 0 Å². The summed E-state index contributed by atoms with van der Waals surface area (Å²) in [5, 5.41) is 7.57. The van der Waals surface area contributed by atoms with Crippen molar-refractivity contribution in [1.82, 2.24) is 0 Å². The van der Waals surface area contributed by atoms with Crippen LogP contribution in [0.4, 0.5) is 0 Å². The molecule has 2 nitrogen and oxygen atoms in total. The Hall–Kier alpha value is -0.0800. The van der Waals surface area contributed by atoms with E-state index >= 15 is 0 Å². The Morgan fingerprint density at radius 2 is 1.10 bits per heavy atom. The van der Waals surface area contributed by atoms with E-state index in [4.69, 9.17) is 5.11 Å². The van der Waals surface area contributed by atoms with Gasteiger partial charge < -0.3 is 10.6 Å². The van der Waals surface area contributed by atoms with Crippen molar-refractivity contribution < 1.29 is 10.6 Å². The molecular weight excluding hydrogens is 128 g/mol. The summed E-state index contributed by atoms with van der Waals surface area (Å²) in [6.45, 7) is 6.39. The second-order valence-corrected chi connectivity index (χ2v) is 2.02. The molecule has 3 N–H and O–H groups in total. The van der Waals surface area contributed by atoms with Crippen LogP contribution in [0.2, 0.25) is 0 Å². The fourth-order valence-electron chi connectivity index (χ4n) is 0.500. The first-order valence-electron chi connectivity index (χ1n) is 3.94. The van der Waals surface area contributed by atoms with Crippen molar-refractivity contribution in [2.75, 3.05) is 6.61 Å². The van der Waals surface area contributed by atoms with Crippen molar-refractivity contribution in [3.05, 3.63) is 0 Å². The number of unbranched alkanes of at least 4 members (excludes halogenated alkanes) is 3. The number of aliphatic hydroxyl groups is 1. The third-order valence-electron chi connectivity index (χ3n) is 0.957. The van der Waals surface area contributed by atoms with Crippen molar-refractivity contribution in [3.63, 3.8) is 0 Å². The topological polar surface area (TPSA) is 51.7 Å². The largest absolute Gasteiger partial charge is 0.412 e. The average Bonchev–Trinajstić information content (AvgIpc) is 1.86. The molecule has 10 heavy (non-hydrogen) atoms. The van der Waals surface area contributed by atoms with Crippen LogP contribution in [0, 0.1) is 0 Å². The third kappa shape index (κ3) is 44.5. The Bertz CT molecular complexity index is 26.4. The van der Waals surface area contributed by atoms with Gasteiger partial charge in [0.25, 0.3) is 0 Å². The highest BCUT2D eigenvalue weighted by atomic mass is 16.2. The Balaban J connectivity index is -0.000000107. The lowest BCUT2D eigenvalue weighted by Gasteiger charge is -1.86. The highest BCUT2D eigenvalue weighted by Crippen LogP contribution is 1.95. The van der Waals surface area contributed by atoms with E-state index in [1.165, 1.54) is 25.7 Å². The van der Waals surface area contributed by atoms with Crippen molar-refractivity contribution in [1.29, 1.82) is 0 Å². The molecule has 0 aliphatic carbocycles. The fourth-order valence-corrected chi connectivity index (χ4v) is 0.500. The molecule has 0 aromatic rings. The summed E-state index contributed by atoms with van der Waals surface area (Å²) < 4.78 is 0. The maximum absolute atomic E-state index is 7.57. The quantitative estimate of drug-likeness (QED) is 0.612. The minimum Gasteiger partial charge on any atom is -0.412 e. The van der Waals surface area contributed by atoms with Crippen LogP contribution < -0.4 is 0 Å². The van der Waals surface area contributed by atoms with Crippen LogP contribution in [0.1, 0.15) is 46.5 Å². The lowest BCUT2D eigenvalue weighted by molar-refractivity contribution is 0.318. The number of aliphatic hydroxyl groups excluding tert-OH is 1. The Kier molecular flexibility index (Phi) is 38.1. The second-order valence-electron chi connectivity index (χ2n) is 2.02. The molecule has 0 amide bonds. The van der Waals surface area contributed by atoms with Crippen molar-refractivity contribution in [3.8, 4) is 0 Å². The lowest BCUT2D eigenvalue weighted by Crippen LogP contribution is -1.66. The molecule has 0 aromatic carbocycles. The number of hydrogen-bond donors (Lipinski definition) is 1. The van der Waals surface area contributed by atoms with E-state index in [0.29, 0.717) is 0 Å². The molecule has 0 saturated carbocycles. The van der Waals surface area contributed by atoms with Gasteiger partial charge in [-0.05, 0) is 6.92 Å². The molecule has 66 valence electrons. The van der Waals surface area contributed by atoms with E-state index in [2.05, 4.69) is 13.8 Å². The standard InChI is InChI=1S/C6H14.C2H6O.H2O/c1-3-5-6-4-2;1-2-3;/h3-6H2,1-2H3;3H,2H2,1H3;1H2. The molecule has 0 rings (SSSR count). The first-order chi connectivity index (χ1) is 4.33. The summed E-state index contributed by atoms with van der Waals surface area (Å²) in [4.78, 5) is 0. The lowest BCUT2D eigenvalue weighted by atomic mass is 10.2. The van der Waals surface area contributed by atoms with Gasteiger partial charge in [-0.3, -0.25) is 0 Å². The van der Waals surface area contributed by atoms with Crippen LogP contribution in [0.15, 0.2) is 0 Å². The van der Waals surface area contributed by atoms with Gasteiger partial charge in [0.1, 0.15) is 0 Å². The van der Waals surface area contributed by atoms with Gasteiger partial charge in [-0.2, -0.15) is 0 Å². The number of hydrogen-bond acceptors (Lipinski definition) is 1. The minimum absolute atomic E-state index is 0. The predicted molar refractivity (Wildman–Crippen MR) is 46.2 cm³/mol. The molecule has 0 spiro atoms. The van der Waals surface area contributed by atoms with E-state index in [-0.39, 0.29) is 12.1 Å². The van der Waals surface area contributed by atoms with E-state index in [9.17, 15) is 0 Å².